The van der Waals surface area contributed by atoms with Gasteiger partial charge in [0, 0.05) is 5.69 Å². The molecule has 1 amide bonds. The van der Waals surface area contributed by atoms with E-state index in [4.69, 9.17) is 4.74 Å². The van der Waals surface area contributed by atoms with Gasteiger partial charge in [-0.25, -0.2) is 0 Å². The molecule has 4 heteroatoms. The Hall–Kier alpha value is -2.62. The number of ether oxygens (including phenoxy) is 1. The second-order valence-corrected chi connectivity index (χ2v) is 6.05. The summed E-state index contributed by atoms with van der Waals surface area (Å²) in [6, 6.07) is 15.8. The van der Waals surface area contributed by atoms with Crippen molar-refractivity contribution >= 4 is 17.6 Å². The molecule has 2 aromatic rings. The highest BCUT2D eigenvalue weighted by atomic mass is 16.5. The molecule has 4 nitrogen and oxygen atoms in total. The van der Waals surface area contributed by atoms with Crippen LogP contribution in [0.25, 0.3) is 0 Å². The van der Waals surface area contributed by atoms with Crippen LogP contribution in [0.1, 0.15) is 23.6 Å². The normalized spacial score (nSPS) is 16.7. The van der Waals surface area contributed by atoms with E-state index in [1.165, 1.54) is 0 Å². The van der Waals surface area contributed by atoms with Crippen molar-refractivity contribution in [2.75, 3.05) is 11.5 Å². The lowest BCUT2D eigenvalue weighted by Crippen LogP contribution is -2.44. The van der Waals surface area contributed by atoms with Crippen molar-refractivity contribution in [3.63, 3.8) is 0 Å². The van der Waals surface area contributed by atoms with Crippen LogP contribution >= 0.6 is 0 Å². The maximum Gasteiger partial charge on any atom is 0.318 e. The molecule has 1 aliphatic heterocycles. The molecule has 1 unspecified atom stereocenters. The van der Waals surface area contributed by atoms with Crippen LogP contribution in [0.15, 0.2) is 48.5 Å². The quantitative estimate of drug-likeness (QED) is 0.641. The molecule has 2 aromatic carbocycles. The number of hydrogen-bond donors (Lipinski definition) is 0. The van der Waals surface area contributed by atoms with Crippen LogP contribution in [0, 0.1) is 12.8 Å². The van der Waals surface area contributed by atoms with E-state index in [9.17, 15) is 9.59 Å². The van der Waals surface area contributed by atoms with Crippen molar-refractivity contribution in [1.82, 2.24) is 0 Å². The molecule has 0 aliphatic carbocycles. The summed E-state index contributed by atoms with van der Waals surface area (Å²) in [6.07, 6.45) is 0.403. The van der Waals surface area contributed by atoms with Gasteiger partial charge in [0.1, 0.15) is 5.92 Å². The topological polar surface area (TPSA) is 46.6 Å². The van der Waals surface area contributed by atoms with Gasteiger partial charge in [0.25, 0.3) is 0 Å². The third-order valence-corrected chi connectivity index (χ3v) is 4.27. The summed E-state index contributed by atoms with van der Waals surface area (Å²) < 4.78 is 5.11. The molecule has 0 fully saturated rings. The van der Waals surface area contributed by atoms with Gasteiger partial charge in [0.05, 0.1) is 13.2 Å². The number of nitrogens with zero attached hydrogens (tertiary/aromatic N) is 1. The largest absolute Gasteiger partial charge is 0.465 e. The molecule has 124 valence electrons. The number of fused-ring (bicyclic) bond motifs is 1. The smallest absolute Gasteiger partial charge is 0.318 e. The van der Waals surface area contributed by atoms with E-state index in [0.29, 0.717) is 13.0 Å². The van der Waals surface area contributed by atoms with Gasteiger partial charge in [-0.05, 0) is 37.5 Å². The minimum absolute atomic E-state index is 0.186. The van der Waals surface area contributed by atoms with Gasteiger partial charge < -0.3 is 9.64 Å². The van der Waals surface area contributed by atoms with Crippen LogP contribution in [0.4, 0.5) is 5.69 Å². The highest BCUT2D eigenvalue weighted by molar-refractivity contribution is 6.08. The zero-order chi connectivity index (χ0) is 17.1. The van der Waals surface area contributed by atoms with Crippen LogP contribution in [0.5, 0.6) is 0 Å². The summed E-state index contributed by atoms with van der Waals surface area (Å²) in [5.41, 5.74) is 4.05. The molecule has 1 aliphatic rings. The highest BCUT2D eigenvalue weighted by Gasteiger charge is 2.38. The Morgan fingerprint density at radius 1 is 1.21 bits per heavy atom. The third-order valence-electron chi connectivity index (χ3n) is 4.27. The Balaban J connectivity index is 1.98. The Kier molecular flexibility index (Phi) is 4.65. The number of aryl methyl sites for hydroxylation is 1. The van der Waals surface area contributed by atoms with Crippen molar-refractivity contribution < 1.29 is 14.3 Å². The standard InChI is InChI=1S/C20H21NO3/c1-3-24-20(23)17-12-16-11-14(2)9-10-18(16)21(19(17)22)13-15-7-5-4-6-8-15/h4-11,17H,3,12-13H2,1-2H3. The number of anilines is 1. The third kappa shape index (κ3) is 3.18. The molecular weight excluding hydrogens is 302 g/mol. The first-order valence-corrected chi connectivity index (χ1v) is 8.21. The number of carbonyl (C=O) groups excluding carboxylic acids is 2. The Labute approximate surface area is 142 Å². The van der Waals surface area contributed by atoms with E-state index >= 15 is 0 Å². The number of carbonyl (C=O) groups is 2. The van der Waals surface area contributed by atoms with E-state index in [-0.39, 0.29) is 12.5 Å². The highest BCUT2D eigenvalue weighted by Crippen LogP contribution is 2.33. The minimum Gasteiger partial charge on any atom is -0.465 e. The van der Waals surface area contributed by atoms with Crippen molar-refractivity contribution in [2.45, 2.75) is 26.8 Å². The lowest BCUT2D eigenvalue weighted by atomic mass is 9.90. The van der Waals surface area contributed by atoms with Gasteiger partial charge in [-0.1, -0.05) is 48.0 Å². The van der Waals surface area contributed by atoms with Gasteiger partial charge in [-0.3, -0.25) is 9.59 Å². The Morgan fingerprint density at radius 3 is 2.67 bits per heavy atom. The molecule has 0 spiro atoms. The summed E-state index contributed by atoms with van der Waals surface area (Å²) >= 11 is 0. The van der Waals surface area contributed by atoms with Gasteiger partial charge in [0.2, 0.25) is 5.91 Å². The van der Waals surface area contributed by atoms with Gasteiger partial charge in [-0.2, -0.15) is 0 Å². The van der Waals surface area contributed by atoms with E-state index in [0.717, 1.165) is 22.4 Å². The fraction of sp³-hybridized carbons (Fsp3) is 0.300. The van der Waals surface area contributed by atoms with Crippen molar-refractivity contribution in [2.24, 2.45) is 5.92 Å². The van der Waals surface area contributed by atoms with Crippen LogP contribution in [0.2, 0.25) is 0 Å². The summed E-state index contributed by atoms with van der Waals surface area (Å²) in [4.78, 5) is 26.9. The Bertz CT molecular complexity index is 755. The molecule has 0 N–H and O–H groups in total. The zero-order valence-corrected chi connectivity index (χ0v) is 14.0. The van der Waals surface area contributed by atoms with Crippen molar-refractivity contribution in [3.8, 4) is 0 Å². The molecule has 3 rings (SSSR count). The molecule has 0 aromatic heterocycles. The number of rotatable bonds is 4. The molecule has 0 radical (unpaired) electrons. The molecular formula is C20H21NO3. The van der Waals surface area contributed by atoms with Crippen molar-refractivity contribution in [1.29, 1.82) is 0 Å². The summed E-state index contributed by atoms with van der Waals surface area (Å²) in [7, 11) is 0. The van der Waals surface area contributed by atoms with Crippen LogP contribution in [-0.4, -0.2) is 18.5 Å². The monoisotopic (exact) mass is 323 g/mol. The van der Waals surface area contributed by atoms with Crippen molar-refractivity contribution in [3.05, 3.63) is 65.2 Å². The zero-order valence-electron chi connectivity index (χ0n) is 14.0. The number of amides is 1. The maximum atomic E-state index is 12.9. The number of benzene rings is 2. The summed E-state index contributed by atoms with van der Waals surface area (Å²) in [6.45, 7) is 4.50. The second-order valence-electron chi connectivity index (χ2n) is 6.05. The predicted octanol–water partition coefficient (Wildman–Crippen LogP) is 3.26. The first-order chi connectivity index (χ1) is 11.6. The fourth-order valence-electron chi connectivity index (χ4n) is 3.11. The fourth-order valence-corrected chi connectivity index (χ4v) is 3.11. The maximum absolute atomic E-state index is 12.9. The van der Waals surface area contributed by atoms with Gasteiger partial charge in [0.15, 0.2) is 0 Å². The molecule has 0 saturated carbocycles. The molecule has 0 saturated heterocycles. The van der Waals surface area contributed by atoms with Crippen LogP contribution < -0.4 is 4.90 Å². The second kappa shape index (κ2) is 6.87. The molecule has 1 heterocycles. The van der Waals surface area contributed by atoms with E-state index < -0.39 is 11.9 Å². The van der Waals surface area contributed by atoms with Crippen LogP contribution in [-0.2, 0) is 27.3 Å². The van der Waals surface area contributed by atoms with E-state index in [1.807, 2.05) is 55.5 Å². The molecule has 0 bridgehead atoms. The first kappa shape index (κ1) is 16.2. The number of hydrogen-bond acceptors (Lipinski definition) is 3. The van der Waals surface area contributed by atoms with Gasteiger partial charge >= 0.3 is 5.97 Å². The van der Waals surface area contributed by atoms with Crippen LogP contribution in [0.3, 0.4) is 0 Å². The summed E-state index contributed by atoms with van der Waals surface area (Å²) in [5.74, 6) is -1.38. The summed E-state index contributed by atoms with van der Waals surface area (Å²) in [5, 5.41) is 0. The van der Waals surface area contributed by atoms with Gasteiger partial charge in [-0.15, -0.1) is 0 Å². The van der Waals surface area contributed by atoms with E-state index in [2.05, 4.69) is 0 Å². The first-order valence-electron chi connectivity index (χ1n) is 8.21. The lowest BCUT2D eigenvalue weighted by molar-refractivity contribution is -0.151. The molecule has 24 heavy (non-hydrogen) atoms. The average molecular weight is 323 g/mol. The lowest BCUT2D eigenvalue weighted by Gasteiger charge is -2.33. The minimum atomic E-state index is -0.761. The SMILES string of the molecule is CCOC(=O)C1Cc2cc(C)ccc2N(Cc2ccccc2)C1=O. The predicted molar refractivity (Wildman–Crippen MR) is 92.6 cm³/mol. The van der Waals surface area contributed by atoms with E-state index in [1.54, 1.807) is 11.8 Å². The number of esters is 1. The molecule has 1 atom stereocenters. The Morgan fingerprint density at radius 2 is 1.96 bits per heavy atom. The average Bonchev–Trinajstić information content (AvgIpc) is 2.58.